The van der Waals surface area contributed by atoms with Gasteiger partial charge in [0.2, 0.25) is 5.82 Å². The highest BCUT2D eigenvalue weighted by molar-refractivity contribution is 5.90. The molecule has 1 aliphatic heterocycles. The van der Waals surface area contributed by atoms with Gasteiger partial charge in [-0.2, -0.15) is 0 Å². The summed E-state index contributed by atoms with van der Waals surface area (Å²) < 4.78 is 14.7. The van der Waals surface area contributed by atoms with Crippen molar-refractivity contribution in [2.75, 3.05) is 19.6 Å². The van der Waals surface area contributed by atoms with E-state index in [1.165, 1.54) is 23.1 Å². The Bertz CT molecular complexity index is 685. The summed E-state index contributed by atoms with van der Waals surface area (Å²) >= 11 is 0. The fourth-order valence-corrected chi connectivity index (χ4v) is 2.80. The van der Waals surface area contributed by atoms with Crippen LogP contribution in [-0.2, 0) is 0 Å². The Balaban J connectivity index is 1.73. The molecule has 1 fully saturated rings. The second-order valence-corrected chi connectivity index (χ2v) is 5.68. The first kappa shape index (κ1) is 15.6. The van der Waals surface area contributed by atoms with E-state index in [9.17, 15) is 9.18 Å². The molecule has 1 aliphatic rings. The highest BCUT2D eigenvalue weighted by Gasteiger charge is 2.26. The van der Waals surface area contributed by atoms with Gasteiger partial charge < -0.3 is 10.2 Å². The Morgan fingerprint density at radius 3 is 3.13 bits per heavy atom. The molecular weight excluding hydrogens is 297 g/mol. The lowest BCUT2D eigenvalue weighted by molar-refractivity contribution is 0.0687. The zero-order valence-electron chi connectivity index (χ0n) is 13.1. The topological polar surface area (TPSA) is 63.1 Å². The number of carbonyl (C=O) groups is 1. The number of hydrogen-bond donors (Lipinski definition) is 1. The molecule has 1 amide bonds. The number of benzene rings is 1. The molecule has 1 atom stereocenters. The number of carbonyl (C=O) groups excluding carboxylic acids is 1. The lowest BCUT2D eigenvalue weighted by atomic mass is 10.1. The molecule has 23 heavy (non-hydrogen) atoms. The molecule has 122 valence electrons. The highest BCUT2D eigenvalue weighted by atomic mass is 19.1. The van der Waals surface area contributed by atoms with E-state index in [0.717, 1.165) is 19.4 Å². The first-order valence-corrected chi connectivity index (χ1v) is 7.87. The van der Waals surface area contributed by atoms with Gasteiger partial charge in [-0.15, -0.1) is 5.10 Å². The van der Waals surface area contributed by atoms with Crippen molar-refractivity contribution >= 4 is 5.91 Å². The Morgan fingerprint density at radius 1 is 1.48 bits per heavy atom. The molecule has 0 bridgehead atoms. The second-order valence-electron chi connectivity index (χ2n) is 5.68. The normalized spacial score (nSPS) is 18.2. The number of piperazine rings is 1. The van der Waals surface area contributed by atoms with Crippen molar-refractivity contribution in [3.8, 4) is 5.69 Å². The quantitative estimate of drug-likeness (QED) is 0.931. The Morgan fingerprint density at radius 2 is 2.35 bits per heavy atom. The maximum Gasteiger partial charge on any atom is 0.293 e. The van der Waals surface area contributed by atoms with Crippen LogP contribution >= 0.6 is 0 Å². The van der Waals surface area contributed by atoms with Gasteiger partial charge >= 0.3 is 0 Å². The van der Waals surface area contributed by atoms with Gasteiger partial charge in [0, 0.05) is 25.7 Å². The number of amides is 1. The van der Waals surface area contributed by atoms with Crippen molar-refractivity contribution in [3.05, 3.63) is 42.2 Å². The summed E-state index contributed by atoms with van der Waals surface area (Å²) in [6.45, 7) is 4.22. The monoisotopic (exact) mass is 317 g/mol. The van der Waals surface area contributed by atoms with E-state index in [4.69, 9.17) is 0 Å². The molecule has 0 radical (unpaired) electrons. The molecule has 2 heterocycles. The van der Waals surface area contributed by atoms with Gasteiger partial charge in [-0.25, -0.2) is 14.1 Å². The molecule has 0 spiro atoms. The van der Waals surface area contributed by atoms with Crippen LogP contribution in [0.25, 0.3) is 5.69 Å². The summed E-state index contributed by atoms with van der Waals surface area (Å²) in [7, 11) is 0. The van der Waals surface area contributed by atoms with Gasteiger partial charge in [0.05, 0.1) is 5.69 Å². The van der Waals surface area contributed by atoms with Crippen molar-refractivity contribution in [3.63, 3.8) is 0 Å². The predicted molar refractivity (Wildman–Crippen MR) is 83.9 cm³/mol. The molecule has 1 N–H and O–H groups in total. The van der Waals surface area contributed by atoms with E-state index in [0.29, 0.717) is 24.8 Å². The molecule has 7 heteroatoms. The average Bonchev–Trinajstić information content (AvgIpc) is 3.05. The van der Waals surface area contributed by atoms with Gasteiger partial charge in [0.15, 0.2) is 0 Å². The van der Waals surface area contributed by atoms with Crippen molar-refractivity contribution in [2.24, 2.45) is 0 Å². The van der Waals surface area contributed by atoms with E-state index in [1.807, 2.05) is 0 Å². The molecule has 3 rings (SSSR count). The predicted octanol–water partition coefficient (Wildman–Crippen LogP) is 1.62. The van der Waals surface area contributed by atoms with Crippen molar-refractivity contribution < 1.29 is 9.18 Å². The minimum atomic E-state index is -0.351. The van der Waals surface area contributed by atoms with Gasteiger partial charge in [0.1, 0.15) is 12.1 Å². The third kappa shape index (κ3) is 3.56. The number of halogens is 1. The summed E-state index contributed by atoms with van der Waals surface area (Å²) in [6, 6.07) is 6.35. The average molecular weight is 317 g/mol. The number of rotatable bonds is 4. The minimum Gasteiger partial charge on any atom is -0.333 e. The third-order valence-electron chi connectivity index (χ3n) is 3.94. The first-order valence-electron chi connectivity index (χ1n) is 7.87. The van der Waals surface area contributed by atoms with Crippen molar-refractivity contribution in [1.82, 2.24) is 25.0 Å². The van der Waals surface area contributed by atoms with E-state index in [-0.39, 0.29) is 17.5 Å². The lowest BCUT2D eigenvalue weighted by Gasteiger charge is -2.33. The summed E-state index contributed by atoms with van der Waals surface area (Å²) in [6.07, 6.45) is 3.55. The van der Waals surface area contributed by atoms with Crippen molar-refractivity contribution in [1.29, 1.82) is 0 Å². The van der Waals surface area contributed by atoms with Crippen LogP contribution in [0, 0.1) is 5.82 Å². The van der Waals surface area contributed by atoms with Gasteiger partial charge in [-0.3, -0.25) is 4.79 Å². The number of nitrogens with zero attached hydrogens (tertiary/aromatic N) is 4. The largest absolute Gasteiger partial charge is 0.333 e. The van der Waals surface area contributed by atoms with E-state index >= 15 is 0 Å². The fraction of sp³-hybridized carbons (Fsp3) is 0.438. The summed E-state index contributed by atoms with van der Waals surface area (Å²) in [4.78, 5) is 18.4. The van der Waals surface area contributed by atoms with E-state index in [2.05, 4.69) is 22.3 Å². The fourth-order valence-electron chi connectivity index (χ4n) is 2.80. The van der Waals surface area contributed by atoms with E-state index in [1.54, 1.807) is 17.0 Å². The molecule has 1 aromatic heterocycles. The van der Waals surface area contributed by atoms with Gasteiger partial charge in [-0.05, 0) is 24.6 Å². The van der Waals surface area contributed by atoms with Crippen LogP contribution in [0.15, 0.2) is 30.6 Å². The highest BCUT2D eigenvalue weighted by Crippen LogP contribution is 2.11. The van der Waals surface area contributed by atoms with Crippen LogP contribution in [-0.4, -0.2) is 51.2 Å². The standard InChI is InChI=1S/C16H20FN5O/c1-2-4-13-10-21(8-7-18-13)16(23)15-19-11-22(20-15)14-6-3-5-12(17)9-14/h3,5-6,9,11,13,18H,2,4,7-8,10H2,1H3. The number of nitrogens with one attached hydrogen (secondary N) is 1. The smallest absolute Gasteiger partial charge is 0.293 e. The Kier molecular flexibility index (Phi) is 4.66. The second kappa shape index (κ2) is 6.87. The first-order chi connectivity index (χ1) is 11.2. The molecule has 1 saturated heterocycles. The summed E-state index contributed by atoms with van der Waals surface area (Å²) in [5.74, 6) is -0.385. The van der Waals surface area contributed by atoms with Crippen LogP contribution in [0.5, 0.6) is 0 Å². The van der Waals surface area contributed by atoms with Crippen LogP contribution in [0.3, 0.4) is 0 Å². The Labute approximate surface area is 134 Å². The third-order valence-corrected chi connectivity index (χ3v) is 3.94. The number of aromatic nitrogens is 3. The molecule has 6 nitrogen and oxygen atoms in total. The van der Waals surface area contributed by atoms with Crippen LogP contribution in [0.2, 0.25) is 0 Å². The minimum absolute atomic E-state index is 0.145. The zero-order valence-corrected chi connectivity index (χ0v) is 13.1. The van der Waals surface area contributed by atoms with Gasteiger partial charge in [0.25, 0.3) is 5.91 Å². The van der Waals surface area contributed by atoms with Gasteiger partial charge in [-0.1, -0.05) is 19.4 Å². The zero-order chi connectivity index (χ0) is 16.2. The van der Waals surface area contributed by atoms with E-state index < -0.39 is 0 Å². The molecule has 0 aliphatic carbocycles. The molecule has 2 aromatic rings. The summed E-state index contributed by atoms with van der Waals surface area (Å²) in [5, 5.41) is 7.61. The van der Waals surface area contributed by atoms with Crippen LogP contribution < -0.4 is 5.32 Å². The van der Waals surface area contributed by atoms with Crippen molar-refractivity contribution in [2.45, 2.75) is 25.8 Å². The maximum absolute atomic E-state index is 13.3. The number of hydrogen-bond acceptors (Lipinski definition) is 4. The SMILES string of the molecule is CCCC1CN(C(=O)c2ncn(-c3cccc(F)c3)n2)CCN1. The molecule has 1 aromatic carbocycles. The molecule has 0 saturated carbocycles. The molecular formula is C16H20FN5O. The van der Waals surface area contributed by atoms with Crippen LogP contribution in [0.4, 0.5) is 4.39 Å². The maximum atomic E-state index is 13.3. The Hall–Kier alpha value is -2.28. The van der Waals surface area contributed by atoms with Crippen LogP contribution in [0.1, 0.15) is 30.4 Å². The summed E-state index contributed by atoms with van der Waals surface area (Å²) in [5.41, 5.74) is 0.542. The lowest BCUT2D eigenvalue weighted by Crippen LogP contribution is -2.52. The molecule has 1 unspecified atom stereocenters.